The fourth-order valence-electron chi connectivity index (χ4n) is 4.41. The number of likely N-dealkylation sites (N-methyl/N-ethyl adjacent to an activating group) is 1. The van der Waals surface area contributed by atoms with Crippen LogP contribution in [-0.4, -0.2) is 47.9 Å². The maximum atomic E-state index is 13.2. The summed E-state index contributed by atoms with van der Waals surface area (Å²) in [5.74, 6) is 0.235. The summed E-state index contributed by atoms with van der Waals surface area (Å²) in [6, 6.07) is 21.5. The molecule has 0 radical (unpaired) electrons. The molecule has 0 fully saturated rings. The number of hydrogen-bond donors (Lipinski definition) is 1. The van der Waals surface area contributed by atoms with Gasteiger partial charge in [-0.1, -0.05) is 18.2 Å². The van der Waals surface area contributed by atoms with Crippen molar-refractivity contribution in [2.75, 3.05) is 25.1 Å². The normalized spacial score (nSPS) is 15.0. The van der Waals surface area contributed by atoms with Gasteiger partial charge in [-0.15, -0.1) is 0 Å². The number of carbonyl (C=O) groups excluding carboxylic acids is 1. The Morgan fingerprint density at radius 3 is 2.59 bits per heavy atom. The second kappa shape index (κ2) is 8.59. The maximum absolute atomic E-state index is 13.2. The molecule has 0 amide bonds. The second-order valence-corrected chi connectivity index (χ2v) is 8.39. The molecule has 1 aromatic heterocycles. The first-order valence-corrected chi connectivity index (χ1v) is 11.0. The summed E-state index contributed by atoms with van der Waals surface area (Å²) in [6.45, 7) is 2.89. The number of para-hydroxylation sites is 2. The van der Waals surface area contributed by atoms with Crippen molar-refractivity contribution in [3.05, 3.63) is 89.6 Å². The van der Waals surface area contributed by atoms with Crippen molar-refractivity contribution in [2.45, 2.75) is 13.0 Å². The number of fused-ring (bicyclic) bond motifs is 2. The number of aromatic nitrogens is 1. The number of carboxylic acid groups (broad SMARTS) is 1. The number of carboxylic acids is 1. The lowest BCUT2D eigenvalue weighted by molar-refractivity contribution is 0.0698. The third-order valence-corrected chi connectivity index (χ3v) is 6.05. The fourth-order valence-corrected chi connectivity index (χ4v) is 4.41. The molecule has 0 saturated heterocycles. The van der Waals surface area contributed by atoms with E-state index < -0.39 is 5.97 Å². The number of rotatable bonds is 5. The molecule has 5 rings (SSSR count). The Kier molecular flexibility index (Phi) is 5.45. The van der Waals surface area contributed by atoms with Crippen molar-refractivity contribution in [1.29, 1.82) is 0 Å². The van der Waals surface area contributed by atoms with Crippen molar-refractivity contribution in [3.8, 4) is 11.5 Å². The van der Waals surface area contributed by atoms with Crippen molar-refractivity contribution < 1.29 is 24.2 Å². The van der Waals surface area contributed by atoms with Gasteiger partial charge in [-0.3, -0.25) is 9.36 Å². The smallest absolute Gasteiger partial charge is 0.336 e. The van der Waals surface area contributed by atoms with E-state index in [2.05, 4.69) is 4.90 Å². The van der Waals surface area contributed by atoms with Gasteiger partial charge in [-0.25, -0.2) is 4.79 Å². The Labute approximate surface area is 196 Å². The zero-order valence-electron chi connectivity index (χ0n) is 18.9. The monoisotopic (exact) mass is 456 g/mol. The molecular weight excluding hydrogens is 432 g/mol. The minimum absolute atomic E-state index is 0.112. The summed E-state index contributed by atoms with van der Waals surface area (Å²) in [4.78, 5) is 26.9. The van der Waals surface area contributed by atoms with Gasteiger partial charge >= 0.3 is 5.97 Å². The minimum atomic E-state index is -1.02. The highest BCUT2D eigenvalue weighted by atomic mass is 16.5. The SMILES string of the molecule is Cc1cc2c(C(=O)O)cccc2n1C(=O)c1ccc(OC[C@@H]2CN(C)c3ccccc3O2)cc1. The Balaban J connectivity index is 1.30. The van der Waals surface area contributed by atoms with E-state index in [4.69, 9.17) is 9.47 Å². The molecule has 0 unspecified atom stereocenters. The third kappa shape index (κ3) is 3.85. The zero-order chi connectivity index (χ0) is 23.8. The van der Waals surface area contributed by atoms with E-state index in [1.807, 2.05) is 31.3 Å². The quantitative estimate of drug-likeness (QED) is 0.472. The van der Waals surface area contributed by atoms with Crippen LogP contribution in [0.1, 0.15) is 26.4 Å². The molecule has 0 aliphatic carbocycles. The Morgan fingerprint density at radius 1 is 1.06 bits per heavy atom. The lowest BCUT2D eigenvalue weighted by Crippen LogP contribution is -2.41. The van der Waals surface area contributed by atoms with E-state index >= 15 is 0 Å². The van der Waals surface area contributed by atoms with Gasteiger partial charge < -0.3 is 19.5 Å². The molecule has 0 bridgehead atoms. The van der Waals surface area contributed by atoms with E-state index in [-0.39, 0.29) is 17.6 Å². The van der Waals surface area contributed by atoms with Gasteiger partial charge in [0.15, 0.2) is 0 Å². The van der Waals surface area contributed by atoms with Crippen molar-refractivity contribution in [3.63, 3.8) is 0 Å². The number of anilines is 1. The van der Waals surface area contributed by atoms with Crippen LogP contribution in [0.4, 0.5) is 5.69 Å². The molecule has 1 atom stereocenters. The van der Waals surface area contributed by atoms with Crippen LogP contribution in [0.5, 0.6) is 11.5 Å². The van der Waals surface area contributed by atoms with Gasteiger partial charge in [0.25, 0.3) is 5.91 Å². The number of carbonyl (C=O) groups is 2. The topological polar surface area (TPSA) is 81.0 Å². The summed E-state index contributed by atoms with van der Waals surface area (Å²) in [6.07, 6.45) is -0.112. The lowest BCUT2D eigenvalue weighted by atomic mass is 10.1. The summed E-state index contributed by atoms with van der Waals surface area (Å²) < 4.78 is 13.5. The van der Waals surface area contributed by atoms with Crippen LogP contribution in [0.15, 0.2) is 72.8 Å². The van der Waals surface area contributed by atoms with Crippen LogP contribution >= 0.6 is 0 Å². The van der Waals surface area contributed by atoms with Crippen LogP contribution in [0.2, 0.25) is 0 Å². The first kappa shape index (κ1) is 21.6. The van der Waals surface area contributed by atoms with Crippen LogP contribution in [0.25, 0.3) is 10.9 Å². The van der Waals surface area contributed by atoms with Crippen LogP contribution in [-0.2, 0) is 0 Å². The van der Waals surface area contributed by atoms with E-state index in [1.165, 1.54) is 6.07 Å². The van der Waals surface area contributed by atoms with Gasteiger partial charge in [0.2, 0.25) is 0 Å². The molecule has 0 spiro atoms. The molecule has 1 aliphatic rings. The van der Waals surface area contributed by atoms with E-state index in [0.717, 1.165) is 11.4 Å². The highest BCUT2D eigenvalue weighted by molar-refractivity contribution is 6.08. The van der Waals surface area contributed by atoms with Crippen molar-refractivity contribution >= 4 is 28.5 Å². The second-order valence-electron chi connectivity index (χ2n) is 8.39. The molecule has 7 nitrogen and oxygen atoms in total. The molecule has 1 aliphatic heterocycles. The van der Waals surface area contributed by atoms with Gasteiger partial charge in [-0.05, 0) is 61.5 Å². The molecule has 1 N–H and O–H groups in total. The van der Waals surface area contributed by atoms with Crippen LogP contribution < -0.4 is 14.4 Å². The highest BCUT2D eigenvalue weighted by Gasteiger charge is 2.24. The van der Waals surface area contributed by atoms with Gasteiger partial charge in [0.05, 0.1) is 23.3 Å². The summed E-state index contributed by atoms with van der Waals surface area (Å²) in [7, 11) is 2.03. The minimum Gasteiger partial charge on any atom is -0.490 e. The number of aryl methyl sites for hydroxylation is 1. The molecular formula is C27H24N2O5. The first-order valence-electron chi connectivity index (χ1n) is 11.0. The number of aromatic carboxylic acids is 1. The predicted octanol–water partition coefficient (Wildman–Crippen LogP) is 4.61. The largest absolute Gasteiger partial charge is 0.490 e. The molecule has 172 valence electrons. The number of hydrogen-bond acceptors (Lipinski definition) is 5. The molecule has 2 heterocycles. The van der Waals surface area contributed by atoms with Crippen LogP contribution in [0, 0.1) is 6.92 Å². The van der Waals surface area contributed by atoms with Crippen molar-refractivity contribution in [1.82, 2.24) is 4.57 Å². The Hall–Kier alpha value is -4.26. The number of ether oxygens (including phenoxy) is 2. The van der Waals surface area contributed by atoms with Crippen molar-refractivity contribution in [2.24, 2.45) is 0 Å². The Morgan fingerprint density at radius 2 is 1.82 bits per heavy atom. The summed E-state index contributed by atoms with van der Waals surface area (Å²) in [5.41, 5.74) is 2.96. The highest BCUT2D eigenvalue weighted by Crippen LogP contribution is 2.32. The van der Waals surface area contributed by atoms with E-state index in [9.17, 15) is 14.7 Å². The summed E-state index contributed by atoms with van der Waals surface area (Å²) >= 11 is 0. The van der Waals surface area contributed by atoms with Crippen LogP contribution in [0.3, 0.4) is 0 Å². The molecule has 34 heavy (non-hydrogen) atoms. The Bertz CT molecular complexity index is 1390. The summed E-state index contributed by atoms with van der Waals surface area (Å²) in [5, 5.41) is 10.00. The zero-order valence-corrected chi connectivity index (χ0v) is 18.9. The predicted molar refractivity (Wildman–Crippen MR) is 129 cm³/mol. The average molecular weight is 456 g/mol. The molecule has 4 aromatic rings. The third-order valence-electron chi connectivity index (χ3n) is 6.05. The molecule has 3 aromatic carbocycles. The van der Waals surface area contributed by atoms with Gasteiger partial charge in [0, 0.05) is 23.7 Å². The van der Waals surface area contributed by atoms with E-state index in [0.29, 0.717) is 41.1 Å². The van der Waals surface area contributed by atoms with E-state index in [1.54, 1.807) is 54.0 Å². The number of benzene rings is 3. The average Bonchev–Trinajstić information content (AvgIpc) is 3.18. The maximum Gasteiger partial charge on any atom is 0.336 e. The fraction of sp³-hybridized carbons (Fsp3) is 0.185. The first-order chi connectivity index (χ1) is 16.4. The lowest BCUT2D eigenvalue weighted by Gasteiger charge is -2.33. The van der Waals surface area contributed by atoms with Gasteiger partial charge in [0.1, 0.15) is 24.2 Å². The molecule has 0 saturated carbocycles. The number of nitrogens with zero attached hydrogens (tertiary/aromatic N) is 2. The molecule has 7 heteroatoms. The standard InChI is InChI=1S/C27H24N2O5/c1-17-14-22-21(27(31)32)6-5-8-23(22)29(17)26(30)18-10-12-19(13-11-18)33-16-20-15-28(2)24-7-3-4-9-25(24)34-20/h3-14,20H,15-16H2,1-2H3,(H,31,32)/t20-/m0/s1. The van der Waals surface area contributed by atoms with Gasteiger partial charge in [-0.2, -0.15) is 0 Å².